The lowest BCUT2D eigenvalue weighted by atomic mass is 10.5. The minimum atomic E-state index is 0.243. The average Bonchev–Trinajstić information content (AvgIpc) is 2.65. The van der Waals surface area contributed by atoms with Crippen LogP contribution >= 0.6 is 23.4 Å². The van der Waals surface area contributed by atoms with Gasteiger partial charge in [0.2, 0.25) is 17.2 Å². The fourth-order valence-electron chi connectivity index (χ4n) is 1.96. The lowest BCUT2D eigenvalue weighted by molar-refractivity contribution is 0.782. The molecule has 10 heteroatoms. The van der Waals surface area contributed by atoms with Gasteiger partial charge in [0.05, 0.1) is 0 Å². The van der Waals surface area contributed by atoms with Crippen molar-refractivity contribution >= 4 is 35.3 Å². The van der Waals surface area contributed by atoms with Crippen LogP contribution in [-0.4, -0.2) is 62.3 Å². The summed E-state index contributed by atoms with van der Waals surface area (Å²) in [6.07, 6.45) is 4.94. The van der Waals surface area contributed by atoms with Crippen molar-refractivity contribution in [2.45, 2.75) is 32.9 Å². The first-order chi connectivity index (χ1) is 12.1. The van der Waals surface area contributed by atoms with E-state index in [1.54, 1.807) is 6.33 Å². The summed E-state index contributed by atoms with van der Waals surface area (Å²) in [5, 5.41) is 1.02. The van der Waals surface area contributed by atoms with Gasteiger partial charge in [0, 0.05) is 26.2 Å². The van der Waals surface area contributed by atoms with Crippen molar-refractivity contribution in [1.29, 1.82) is 0 Å². The first-order valence-electron chi connectivity index (χ1n) is 8.16. The van der Waals surface area contributed by atoms with Crippen LogP contribution in [0.15, 0.2) is 17.8 Å². The zero-order chi connectivity index (χ0) is 18.7. The largest absolute Gasteiger partial charge is 0.341 e. The Labute approximate surface area is 158 Å². The zero-order valence-electron chi connectivity index (χ0n) is 15.3. The molecule has 138 valence electrons. The Hall–Kier alpha value is -1.74. The van der Waals surface area contributed by atoms with Gasteiger partial charge in [-0.25, -0.2) is 19.9 Å². The summed E-state index contributed by atoms with van der Waals surface area (Å²) in [4.78, 5) is 28.2. The summed E-state index contributed by atoms with van der Waals surface area (Å²) in [6.45, 7) is 11.9. The predicted molar refractivity (Wildman–Crippen MR) is 104 cm³/mol. The van der Waals surface area contributed by atoms with Gasteiger partial charge >= 0.3 is 0 Å². The molecule has 0 bridgehead atoms. The van der Waals surface area contributed by atoms with E-state index in [1.165, 1.54) is 18.1 Å². The number of nitrogens with zero attached hydrogens (tertiary/aromatic N) is 8. The molecule has 0 aliphatic rings. The molecule has 0 aliphatic carbocycles. The summed E-state index contributed by atoms with van der Waals surface area (Å²) >= 11 is 7.15. The lowest BCUT2D eigenvalue weighted by Gasteiger charge is -2.17. The van der Waals surface area contributed by atoms with Crippen LogP contribution in [0, 0.1) is 0 Å². The summed E-state index contributed by atoms with van der Waals surface area (Å²) in [6, 6.07) is 0. The molecule has 0 aromatic carbocycles. The Bertz CT molecular complexity index is 622. The van der Waals surface area contributed by atoms with Crippen LogP contribution in [0.3, 0.4) is 0 Å². The standard InChI is InChI=1S/C8H14N4S.C7H11ClN4/c1-4-12(5-2)7-9-6-10-8(11-7)13-3;1-3-12(4-2)7-10-5-9-6(8)11-7/h6H,4-5H2,1-3H3;5H,3-4H2,1-2H3. The molecule has 0 saturated heterocycles. The molecule has 0 aliphatic heterocycles. The SMILES string of the molecule is CCN(CC)c1ncnc(Cl)n1.CCN(CC)c1ncnc(SC)n1. The number of rotatable bonds is 7. The van der Waals surface area contributed by atoms with Crippen LogP contribution in [0.5, 0.6) is 0 Å². The van der Waals surface area contributed by atoms with Crippen molar-refractivity contribution in [2.75, 3.05) is 42.2 Å². The minimum Gasteiger partial charge on any atom is -0.341 e. The summed E-state index contributed by atoms with van der Waals surface area (Å²) in [5.74, 6) is 1.41. The normalized spacial score (nSPS) is 10.0. The first-order valence-corrected chi connectivity index (χ1v) is 9.77. The van der Waals surface area contributed by atoms with E-state index in [4.69, 9.17) is 11.6 Å². The van der Waals surface area contributed by atoms with Crippen LogP contribution in [-0.2, 0) is 0 Å². The second kappa shape index (κ2) is 11.8. The van der Waals surface area contributed by atoms with Crippen LogP contribution < -0.4 is 9.80 Å². The number of halogens is 1. The maximum absolute atomic E-state index is 5.61. The molecule has 0 fully saturated rings. The molecule has 0 N–H and O–H groups in total. The molecule has 2 rings (SSSR count). The first kappa shape index (κ1) is 21.3. The predicted octanol–water partition coefficient (Wildman–Crippen LogP) is 2.81. The molecule has 2 aromatic heterocycles. The Morgan fingerprint density at radius 1 is 0.800 bits per heavy atom. The smallest absolute Gasteiger partial charge is 0.229 e. The van der Waals surface area contributed by atoms with Crippen molar-refractivity contribution in [3.63, 3.8) is 0 Å². The molecule has 8 nitrogen and oxygen atoms in total. The van der Waals surface area contributed by atoms with Gasteiger partial charge < -0.3 is 9.80 Å². The van der Waals surface area contributed by atoms with Gasteiger partial charge in [0.25, 0.3) is 0 Å². The number of thioether (sulfide) groups is 1. The molecular weight excluding hydrogens is 360 g/mol. The highest BCUT2D eigenvalue weighted by atomic mass is 35.5. The van der Waals surface area contributed by atoms with E-state index in [0.717, 1.165) is 37.3 Å². The maximum atomic E-state index is 5.61. The number of hydrogen-bond donors (Lipinski definition) is 0. The van der Waals surface area contributed by atoms with Crippen molar-refractivity contribution in [2.24, 2.45) is 0 Å². The van der Waals surface area contributed by atoms with Crippen LogP contribution in [0.25, 0.3) is 0 Å². The molecule has 0 spiro atoms. The molecular formula is C15H25ClN8S. The third-order valence-electron chi connectivity index (χ3n) is 3.34. The van der Waals surface area contributed by atoms with Gasteiger partial charge in [0.1, 0.15) is 12.7 Å². The Kier molecular flexibility index (Phi) is 10.0. The van der Waals surface area contributed by atoms with E-state index in [1.807, 2.05) is 25.0 Å². The number of hydrogen-bond acceptors (Lipinski definition) is 9. The molecule has 0 amide bonds. The Morgan fingerprint density at radius 3 is 1.72 bits per heavy atom. The molecule has 2 heterocycles. The average molecular weight is 385 g/mol. The fraction of sp³-hybridized carbons (Fsp3) is 0.600. The third-order valence-corrected chi connectivity index (χ3v) is 4.09. The monoisotopic (exact) mass is 384 g/mol. The molecule has 0 radical (unpaired) electrons. The van der Waals surface area contributed by atoms with E-state index < -0.39 is 0 Å². The van der Waals surface area contributed by atoms with Crippen molar-refractivity contribution in [3.05, 3.63) is 17.9 Å². The van der Waals surface area contributed by atoms with Gasteiger partial charge in [-0.15, -0.1) is 0 Å². The Morgan fingerprint density at radius 2 is 1.28 bits per heavy atom. The number of aromatic nitrogens is 6. The highest BCUT2D eigenvalue weighted by Gasteiger charge is 2.06. The van der Waals surface area contributed by atoms with E-state index in [2.05, 4.69) is 48.7 Å². The van der Waals surface area contributed by atoms with Crippen molar-refractivity contribution in [1.82, 2.24) is 29.9 Å². The maximum Gasteiger partial charge on any atom is 0.229 e. The van der Waals surface area contributed by atoms with E-state index in [-0.39, 0.29) is 5.28 Å². The minimum absolute atomic E-state index is 0.243. The number of anilines is 2. The van der Waals surface area contributed by atoms with Gasteiger partial charge in [-0.3, -0.25) is 0 Å². The Balaban J connectivity index is 0.000000251. The second-order valence-electron chi connectivity index (χ2n) is 4.67. The topological polar surface area (TPSA) is 83.8 Å². The van der Waals surface area contributed by atoms with E-state index in [0.29, 0.717) is 5.95 Å². The molecule has 0 atom stereocenters. The molecule has 0 saturated carbocycles. The van der Waals surface area contributed by atoms with E-state index in [9.17, 15) is 0 Å². The summed E-state index contributed by atoms with van der Waals surface area (Å²) in [5.41, 5.74) is 0. The van der Waals surface area contributed by atoms with Crippen molar-refractivity contribution in [3.8, 4) is 0 Å². The van der Waals surface area contributed by atoms with Gasteiger partial charge in [-0.2, -0.15) is 9.97 Å². The quantitative estimate of drug-likeness (QED) is 0.669. The molecule has 2 aromatic rings. The van der Waals surface area contributed by atoms with Gasteiger partial charge in [-0.05, 0) is 45.6 Å². The third kappa shape index (κ3) is 6.95. The van der Waals surface area contributed by atoms with E-state index >= 15 is 0 Å². The molecule has 25 heavy (non-hydrogen) atoms. The van der Waals surface area contributed by atoms with Crippen LogP contribution in [0.1, 0.15) is 27.7 Å². The highest BCUT2D eigenvalue weighted by Crippen LogP contribution is 2.11. The van der Waals surface area contributed by atoms with Crippen molar-refractivity contribution < 1.29 is 0 Å². The lowest BCUT2D eigenvalue weighted by Crippen LogP contribution is -2.24. The van der Waals surface area contributed by atoms with Gasteiger partial charge in [0.15, 0.2) is 5.16 Å². The summed E-state index contributed by atoms with van der Waals surface area (Å²) in [7, 11) is 0. The van der Waals surface area contributed by atoms with Gasteiger partial charge in [-0.1, -0.05) is 11.8 Å². The van der Waals surface area contributed by atoms with Crippen LogP contribution in [0.2, 0.25) is 5.28 Å². The van der Waals surface area contributed by atoms with Crippen LogP contribution in [0.4, 0.5) is 11.9 Å². The highest BCUT2D eigenvalue weighted by molar-refractivity contribution is 7.98. The zero-order valence-corrected chi connectivity index (χ0v) is 16.9. The molecule has 0 unspecified atom stereocenters. The second-order valence-corrected chi connectivity index (χ2v) is 5.78. The summed E-state index contributed by atoms with van der Waals surface area (Å²) < 4.78 is 0. The fourth-order valence-corrected chi connectivity index (χ4v) is 2.40.